The number of benzene rings is 1. The molecule has 13 heteroatoms. The molecule has 0 amide bonds. The van der Waals surface area contributed by atoms with Crippen molar-refractivity contribution in [3.63, 3.8) is 0 Å². The van der Waals surface area contributed by atoms with Gasteiger partial charge in [-0.05, 0) is 124 Å². The number of nitrogens with zero attached hydrogens (tertiary/aromatic N) is 7. The second kappa shape index (κ2) is 14.5. The Morgan fingerprint density at radius 2 is 1.77 bits per heavy atom. The number of carboxylic acid groups (broad SMARTS) is 1. The topological polar surface area (TPSA) is 151 Å². The Morgan fingerprint density at radius 1 is 0.965 bits per heavy atom. The number of aromatic nitrogens is 6. The minimum atomic E-state index is -1.07. The van der Waals surface area contributed by atoms with Crippen LogP contribution in [0.1, 0.15) is 103 Å². The van der Waals surface area contributed by atoms with Gasteiger partial charge in [-0.25, -0.2) is 14.8 Å². The maximum Gasteiger partial charge on any atom is 0.355 e. The van der Waals surface area contributed by atoms with Crippen molar-refractivity contribution in [1.82, 2.24) is 35.3 Å². The van der Waals surface area contributed by atoms with Crippen LogP contribution in [0.4, 0.5) is 11.6 Å². The fourth-order valence-electron chi connectivity index (χ4n) is 12.1. The maximum absolute atomic E-state index is 12.9. The lowest BCUT2D eigenvalue weighted by Gasteiger charge is -2.69. The summed E-state index contributed by atoms with van der Waals surface area (Å²) < 4.78 is 10.1. The SMILES string of the molecule is Cc1c(Cc2nc3ccccc3s2)nnc2c1CCCN2c1ccc(-c2cnn(CC34CC5(C)CC(C)(C3)CC(OCCNCCCO)(C5)C4)c2C)c(C(=O)O)n1. The van der Waals surface area contributed by atoms with Crippen molar-refractivity contribution in [2.24, 2.45) is 16.2 Å². The number of pyridine rings is 1. The monoisotopic (exact) mass is 790 g/mol. The van der Waals surface area contributed by atoms with Crippen LogP contribution in [0.25, 0.3) is 21.3 Å². The second-order valence-electron chi connectivity index (χ2n) is 18.3. The van der Waals surface area contributed by atoms with Gasteiger partial charge in [-0.2, -0.15) is 10.2 Å². The van der Waals surface area contributed by atoms with Crippen molar-refractivity contribution >= 4 is 39.2 Å². The number of aliphatic hydroxyl groups is 1. The van der Waals surface area contributed by atoms with Gasteiger partial charge in [-0.15, -0.1) is 16.4 Å². The lowest BCUT2D eigenvalue weighted by molar-refractivity contribution is -0.247. The molecule has 4 fully saturated rings. The highest BCUT2D eigenvalue weighted by molar-refractivity contribution is 7.18. The molecule has 0 spiro atoms. The highest BCUT2D eigenvalue weighted by atomic mass is 32.1. The number of carboxylic acids is 1. The Kier molecular flexibility index (Phi) is 9.73. The van der Waals surface area contributed by atoms with E-state index in [2.05, 4.69) is 48.9 Å². The number of aliphatic hydroxyl groups excluding tert-OH is 1. The molecule has 5 aromatic rings. The average Bonchev–Trinajstić information content (AvgIpc) is 3.74. The Labute approximate surface area is 338 Å². The van der Waals surface area contributed by atoms with Crippen LogP contribution in [0.2, 0.25) is 0 Å². The first-order valence-corrected chi connectivity index (χ1v) is 21.4. The number of thiazole rings is 1. The fourth-order valence-corrected chi connectivity index (χ4v) is 13.1. The molecule has 10 rings (SSSR count). The molecule has 12 nitrogen and oxygen atoms in total. The van der Waals surface area contributed by atoms with Gasteiger partial charge in [-0.1, -0.05) is 26.0 Å². The first kappa shape index (κ1) is 38.2. The third-order valence-electron chi connectivity index (χ3n) is 13.2. The second-order valence-corrected chi connectivity index (χ2v) is 19.4. The smallest absolute Gasteiger partial charge is 0.355 e. The molecule has 300 valence electrons. The third kappa shape index (κ3) is 7.14. The van der Waals surface area contributed by atoms with Gasteiger partial charge in [0, 0.05) is 55.0 Å². The van der Waals surface area contributed by atoms with E-state index in [0.717, 1.165) is 120 Å². The number of carbonyl (C=O) groups is 1. The Morgan fingerprint density at radius 3 is 2.54 bits per heavy atom. The Balaban J connectivity index is 0.960. The van der Waals surface area contributed by atoms with E-state index in [9.17, 15) is 9.90 Å². The van der Waals surface area contributed by atoms with Crippen LogP contribution in [-0.2, 0) is 24.1 Å². The van der Waals surface area contributed by atoms with Crippen molar-refractivity contribution in [1.29, 1.82) is 0 Å². The molecule has 3 N–H and O–H groups in total. The van der Waals surface area contributed by atoms with Gasteiger partial charge in [0.2, 0.25) is 0 Å². The van der Waals surface area contributed by atoms with Crippen LogP contribution in [0, 0.1) is 30.1 Å². The number of aromatic carboxylic acids is 1. The molecule has 4 saturated carbocycles. The summed E-state index contributed by atoms with van der Waals surface area (Å²) in [5, 5.41) is 38.5. The number of anilines is 2. The van der Waals surface area contributed by atoms with E-state index < -0.39 is 5.97 Å². The molecule has 2 unspecified atom stereocenters. The highest BCUT2D eigenvalue weighted by Gasteiger charge is 2.66. The molecule has 0 radical (unpaired) electrons. The van der Waals surface area contributed by atoms with Gasteiger partial charge in [-0.3, -0.25) is 4.68 Å². The third-order valence-corrected chi connectivity index (χ3v) is 14.3. The van der Waals surface area contributed by atoms with Crippen molar-refractivity contribution in [3.05, 3.63) is 75.8 Å². The van der Waals surface area contributed by atoms with Crippen molar-refractivity contribution in [2.75, 3.05) is 37.7 Å². The van der Waals surface area contributed by atoms with Gasteiger partial charge in [0.05, 0.1) is 39.3 Å². The van der Waals surface area contributed by atoms with E-state index >= 15 is 0 Å². The summed E-state index contributed by atoms with van der Waals surface area (Å²) in [6.45, 7) is 13.0. The van der Waals surface area contributed by atoms with Crippen molar-refractivity contribution in [2.45, 2.75) is 104 Å². The van der Waals surface area contributed by atoms with Crippen LogP contribution in [0.15, 0.2) is 42.6 Å². The number of ether oxygens (including phenoxy) is 1. The standard InChI is InChI=1S/C44H54N8O4S/c1-28-30-9-7-16-51(39(30)50-49-34(28)19-37-47-33-10-5-6-11-35(33)57-37)36-13-12-31(38(48-36)40(54)55)32-20-46-52(29(32)2)27-43-22-41(3)21-42(4,23-43)25-44(24-41,26-43)56-18-15-45-14-8-17-53/h5-6,10-13,20,45,53H,7-9,14-19,21-27H2,1-4H3,(H,54,55). The molecule has 5 aliphatic rings. The largest absolute Gasteiger partial charge is 0.476 e. The Hall–Kier alpha value is -4.30. The number of hydrogen-bond acceptors (Lipinski definition) is 11. The molecule has 4 aromatic heterocycles. The van der Waals surface area contributed by atoms with Gasteiger partial charge < -0.3 is 25.2 Å². The minimum Gasteiger partial charge on any atom is -0.476 e. The van der Waals surface area contributed by atoms with Crippen LogP contribution in [-0.4, -0.2) is 84.6 Å². The highest BCUT2D eigenvalue weighted by Crippen LogP contribution is 2.72. The zero-order valence-corrected chi connectivity index (χ0v) is 34.4. The lowest BCUT2D eigenvalue weighted by atomic mass is 9.39. The minimum absolute atomic E-state index is 0.00851. The summed E-state index contributed by atoms with van der Waals surface area (Å²) in [6.07, 6.45) is 11.7. The van der Waals surface area contributed by atoms with Crippen LogP contribution in [0.3, 0.4) is 0 Å². The predicted octanol–water partition coefficient (Wildman–Crippen LogP) is 7.44. The van der Waals surface area contributed by atoms with E-state index in [4.69, 9.17) is 30.0 Å². The molecule has 4 aliphatic carbocycles. The van der Waals surface area contributed by atoms with Gasteiger partial charge in [0.1, 0.15) is 5.82 Å². The molecule has 0 saturated heterocycles. The zero-order chi connectivity index (χ0) is 39.6. The summed E-state index contributed by atoms with van der Waals surface area (Å²) in [7, 11) is 0. The van der Waals surface area contributed by atoms with Crippen molar-refractivity contribution in [3.8, 4) is 11.1 Å². The van der Waals surface area contributed by atoms with E-state index in [1.54, 1.807) is 11.3 Å². The van der Waals surface area contributed by atoms with E-state index in [1.807, 2.05) is 41.4 Å². The zero-order valence-electron chi connectivity index (χ0n) is 33.6. The molecular weight excluding hydrogens is 737 g/mol. The maximum atomic E-state index is 12.9. The molecule has 1 aromatic carbocycles. The summed E-state index contributed by atoms with van der Waals surface area (Å²) in [4.78, 5) is 24.6. The van der Waals surface area contributed by atoms with Gasteiger partial charge in [0.25, 0.3) is 0 Å². The van der Waals surface area contributed by atoms with Crippen molar-refractivity contribution < 1.29 is 19.7 Å². The summed E-state index contributed by atoms with van der Waals surface area (Å²) >= 11 is 1.69. The normalized spacial score (nSPS) is 26.4. The van der Waals surface area contributed by atoms with E-state index in [0.29, 0.717) is 31.0 Å². The molecule has 2 atom stereocenters. The quantitative estimate of drug-likeness (QED) is 0.0963. The Bertz CT molecular complexity index is 2290. The molecule has 57 heavy (non-hydrogen) atoms. The summed E-state index contributed by atoms with van der Waals surface area (Å²) in [6, 6.07) is 12.0. The number of hydrogen-bond donors (Lipinski definition) is 3. The van der Waals surface area contributed by atoms with Crippen LogP contribution < -0.4 is 10.2 Å². The lowest BCUT2D eigenvalue weighted by Crippen LogP contribution is -2.64. The van der Waals surface area contributed by atoms with Gasteiger partial charge in [0.15, 0.2) is 11.5 Å². The number of nitrogens with one attached hydrogen (secondary N) is 1. The molecule has 4 bridgehead atoms. The van der Waals surface area contributed by atoms with Crippen LogP contribution in [0.5, 0.6) is 0 Å². The molecular formula is C44H54N8O4S. The van der Waals surface area contributed by atoms with E-state index in [1.165, 1.54) is 6.42 Å². The predicted molar refractivity (Wildman–Crippen MR) is 221 cm³/mol. The van der Waals surface area contributed by atoms with E-state index in [-0.39, 0.29) is 34.1 Å². The van der Waals surface area contributed by atoms with Crippen LogP contribution >= 0.6 is 11.3 Å². The van der Waals surface area contributed by atoms with Gasteiger partial charge >= 0.3 is 5.97 Å². The number of fused-ring (bicyclic) bond motifs is 2. The average molecular weight is 791 g/mol. The summed E-state index contributed by atoms with van der Waals surface area (Å²) in [5.41, 5.74) is 6.79. The first-order chi connectivity index (χ1) is 27.4. The molecule has 5 heterocycles. The number of para-hydroxylation sites is 1. The molecule has 1 aliphatic heterocycles. The number of rotatable bonds is 14. The first-order valence-electron chi connectivity index (χ1n) is 20.6. The summed E-state index contributed by atoms with van der Waals surface area (Å²) in [5.74, 6) is 0.223. The fraction of sp³-hybridized carbons (Fsp3) is 0.545.